The first-order valence-electron chi connectivity index (χ1n) is 9.92. The molecule has 2 aromatic rings. The molecule has 0 radical (unpaired) electrons. The van der Waals surface area contributed by atoms with Gasteiger partial charge in [0.2, 0.25) is 5.91 Å². The zero-order valence-corrected chi connectivity index (χ0v) is 16.2. The second kappa shape index (κ2) is 9.67. The second-order valence-electron chi connectivity index (χ2n) is 6.76. The van der Waals surface area contributed by atoms with Crippen molar-refractivity contribution < 1.29 is 14.3 Å². The number of nitrogens with one attached hydrogen (secondary N) is 1. The summed E-state index contributed by atoms with van der Waals surface area (Å²) in [5, 5.41) is 3.06. The molecule has 0 saturated heterocycles. The Hall–Kier alpha value is -2.17. The number of benzene rings is 2. The molecule has 0 spiro atoms. The molecule has 0 heterocycles. The van der Waals surface area contributed by atoms with Crippen LogP contribution in [-0.4, -0.2) is 32.0 Å². The highest BCUT2D eigenvalue weighted by molar-refractivity contribution is 5.84. The third-order valence-corrected chi connectivity index (χ3v) is 5.00. The molecule has 0 aromatic heterocycles. The van der Waals surface area contributed by atoms with Gasteiger partial charge < -0.3 is 14.8 Å². The number of hydrogen-bond donors (Lipinski definition) is 1. The highest BCUT2D eigenvalue weighted by Crippen LogP contribution is 2.45. The molecule has 0 saturated carbocycles. The van der Waals surface area contributed by atoms with Crippen LogP contribution in [0.1, 0.15) is 50.2 Å². The summed E-state index contributed by atoms with van der Waals surface area (Å²) in [6.45, 7) is 5.84. The normalized spacial score (nSPS) is 12.9. The van der Waals surface area contributed by atoms with Crippen molar-refractivity contribution in [2.75, 3.05) is 19.8 Å². The van der Waals surface area contributed by atoms with Crippen LogP contribution in [0.4, 0.5) is 0 Å². The first-order valence-corrected chi connectivity index (χ1v) is 9.92. The minimum atomic E-state index is -0.175. The Morgan fingerprint density at radius 3 is 2.07 bits per heavy atom. The van der Waals surface area contributed by atoms with E-state index in [1.54, 1.807) is 0 Å². The van der Waals surface area contributed by atoms with Crippen molar-refractivity contribution in [2.45, 2.75) is 45.3 Å². The van der Waals surface area contributed by atoms with E-state index in [9.17, 15) is 4.79 Å². The van der Waals surface area contributed by atoms with Crippen LogP contribution in [-0.2, 0) is 14.3 Å². The third kappa shape index (κ3) is 4.76. The monoisotopic (exact) mass is 367 g/mol. The molecule has 0 bridgehead atoms. The highest BCUT2D eigenvalue weighted by atomic mass is 16.7. The van der Waals surface area contributed by atoms with Gasteiger partial charge in [0.25, 0.3) is 0 Å². The molecule has 1 N–H and O–H groups in total. The summed E-state index contributed by atoms with van der Waals surface area (Å²) in [6, 6.07) is 16.8. The topological polar surface area (TPSA) is 47.6 Å². The zero-order chi connectivity index (χ0) is 19.1. The van der Waals surface area contributed by atoms with Gasteiger partial charge in [0.15, 0.2) is 6.29 Å². The molecular weight excluding hydrogens is 338 g/mol. The predicted molar refractivity (Wildman–Crippen MR) is 108 cm³/mol. The van der Waals surface area contributed by atoms with Gasteiger partial charge in [-0.3, -0.25) is 4.79 Å². The summed E-state index contributed by atoms with van der Waals surface area (Å²) in [6.07, 6.45) is 1.94. The SMILES string of the molecule is CCOC(CCCNC(=O)CC1c2ccccc2-c2ccccc21)OCC. The average molecular weight is 367 g/mol. The van der Waals surface area contributed by atoms with Crippen LogP contribution in [0.25, 0.3) is 11.1 Å². The highest BCUT2D eigenvalue weighted by Gasteiger charge is 2.29. The molecular formula is C23H29NO3. The maximum Gasteiger partial charge on any atom is 0.220 e. The molecule has 3 rings (SSSR count). The average Bonchev–Trinajstić information content (AvgIpc) is 3.00. The molecule has 1 aliphatic rings. The maximum absolute atomic E-state index is 12.5. The van der Waals surface area contributed by atoms with Crippen molar-refractivity contribution >= 4 is 5.91 Å². The van der Waals surface area contributed by atoms with E-state index in [1.807, 2.05) is 13.8 Å². The lowest BCUT2D eigenvalue weighted by Gasteiger charge is -2.17. The Bertz CT molecular complexity index is 707. The van der Waals surface area contributed by atoms with E-state index in [1.165, 1.54) is 22.3 Å². The van der Waals surface area contributed by atoms with Crippen LogP contribution in [0.3, 0.4) is 0 Å². The van der Waals surface area contributed by atoms with E-state index in [-0.39, 0.29) is 18.1 Å². The molecule has 4 heteroatoms. The Morgan fingerprint density at radius 2 is 1.52 bits per heavy atom. The van der Waals surface area contributed by atoms with Crippen molar-refractivity contribution in [2.24, 2.45) is 0 Å². The van der Waals surface area contributed by atoms with Gasteiger partial charge in [-0.15, -0.1) is 0 Å². The maximum atomic E-state index is 12.5. The molecule has 1 amide bonds. The molecule has 4 nitrogen and oxygen atoms in total. The fourth-order valence-electron chi connectivity index (χ4n) is 3.82. The fourth-order valence-corrected chi connectivity index (χ4v) is 3.82. The number of amides is 1. The summed E-state index contributed by atoms with van der Waals surface area (Å²) < 4.78 is 11.1. The van der Waals surface area contributed by atoms with E-state index < -0.39 is 0 Å². The van der Waals surface area contributed by atoms with Gasteiger partial charge in [0.1, 0.15) is 0 Å². The van der Waals surface area contributed by atoms with Crippen LogP contribution in [0, 0.1) is 0 Å². The van der Waals surface area contributed by atoms with Gasteiger partial charge in [-0.2, -0.15) is 0 Å². The Kier molecular flexibility index (Phi) is 7.02. The molecule has 0 fully saturated rings. The van der Waals surface area contributed by atoms with E-state index in [0.29, 0.717) is 26.2 Å². The van der Waals surface area contributed by atoms with Crippen LogP contribution in [0.5, 0.6) is 0 Å². The Balaban J connectivity index is 1.54. The molecule has 1 aliphatic carbocycles. The molecule has 0 atom stereocenters. The van der Waals surface area contributed by atoms with Gasteiger partial charge in [-0.1, -0.05) is 48.5 Å². The zero-order valence-electron chi connectivity index (χ0n) is 16.2. The summed E-state index contributed by atoms with van der Waals surface area (Å²) in [5.74, 6) is 0.230. The number of carbonyl (C=O) groups excluding carboxylic acids is 1. The number of hydrogen-bond acceptors (Lipinski definition) is 3. The second-order valence-corrected chi connectivity index (χ2v) is 6.76. The van der Waals surface area contributed by atoms with Crippen molar-refractivity contribution in [1.29, 1.82) is 0 Å². The molecule has 0 unspecified atom stereocenters. The first kappa shape index (κ1) is 19.6. The van der Waals surface area contributed by atoms with Crippen LogP contribution in [0.15, 0.2) is 48.5 Å². The molecule has 2 aromatic carbocycles. The van der Waals surface area contributed by atoms with Gasteiger partial charge in [-0.25, -0.2) is 0 Å². The number of rotatable bonds is 10. The molecule has 0 aliphatic heterocycles. The summed E-state index contributed by atoms with van der Waals surface area (Å²) in [7, 11) is 0. The van der Waals surface area contributed by atoms with E-state index in [4.69, 9.17) is 9.47 Å². The van der Waals surface area contributed by atoms with Gasteiger partial charge >= 0.3 is 0 Å². The number of fused-ring (bicyclic) bond motifs is 3. The van der Waals surface area contributed by atoms with Crippen LogP contribution in [0.2, 0.25) is 0 Å². The van der Waals surface area contributed by atoms with Gasteiger partial charge in [0.05, 0.1) is 0 Å². The van der Waals surface area contributed by atoms with E-state index in [2.05, 4.69) is 53.8 Å². The third-order valence-electron chi connectivity index (χ3n) is 5.00. The van der Waals surface area contributed by atoms with E-state index >= 15 is 0 Å². The van der Waals surface area contributed by atoms with Gasteiger partial charge in [-0.05, 0) is 42.5 Å². The Labute approximate surface area is 161 Å². The van der Waals surface area contributed by atoms with E-state index in [0.717, 1.165) is 12.8 Å². The lowest BCUT2D eigenvalue weighted by Crippen LogP contribution is -2.27. The van der Waals surface area contributed by atoms with Crippen LogP contribution >= 0.6 is 0 Å². The molecule has 144 valence electrons. The smallest absolute Gasteiger partial charge is 0.220 e. The summed E-state index contributed by atoms with van der Waals surface area (Å²) in [4.78, 5) is 12.5. The minimum absolute atomic E-state index is 0.0934. The number of carbonyl (C=O) groups is 1. The summed E-state index contributed by atoms with van der Waals surface area (Å²) >= 11 is 0. The van der Waals surface area contributed by atoms with Crippen LogP contribution < -0.4 is 5.32 Å². The standard InChI is InChI=1S/C23H29NO3/c1-3-26-23(27-4-2)14-9-15-24-22(25)16-21-19-12-7-5-10-17(19)18-11-6-8-13-20(18)21/h5-8,10-13,21,23H,3-4,9,14-16H2,1-2H3,(H,24,25). The fraction of sp³-hybridized carbons (Fsp3) is 0.435. The summed E-state index contributed by atoms with van der Waals surface area (Å²) in [5.41, 5.74) is 5.01. The lowest BCUT2D eigenvalue weighted by molar-refractivity contribution is -0.140. The first-order chi connectivity index (χ1) is 13.2. The van der Waals surface area contributed by atoms with Crippen molar-refractivity contribution in [1.82, 2.24) is 5.32 Å². The minimum Gasteiger partial charge on any atom is -0.356 e. The van der Waals surface area contributed by atoms with Crippen molar-refractivity contribution in [3.8, 4) is 11.1 Å². The number of ether oxygens (including phenoxy) is 2. The van der Waals surface area contributed by atoms with Crippen molar-refractivity contribution in [3.63, 3.8) is 0 Å². The molecule has 27 heavy (non-hydrogen) atoms. The van der Waals surface area contributed by atoms with Crippen molar-refractivity contribution in [3.05, 3.63) is 59.7 Å². The Morgan fingerprint density at radius 1 is 0.963 bits per heavy atom. The largest absolute Gasteiger partial charge is 0.356 e. The predicted octanol–water partition coefficient (Wildman–Crippen LogP) is 4.48. The quantitative estimate of drug-likeness (QED) is 0.497. The lowest BCUT2D eigenvalue weighted by atomic mass is 9.93. The van der Waals surface area contributed by atoms with Gasteiger partial charge in [0, 0.05) is 38.5 Å².